The molecule has 2 amide bonds. The molecule has 0 spiro atoms. The fraction of sp³-hybridized carbons (Fsp3) is 0.259. The van der Waals surface area contributed by atoms with Crippen LogP contribution in [0.2, 0.25) is 5.02 Å². The molecule has 0 aromatic heterocycles. The van der Waals surface area contributed by atoms with E-state index in [1.807, 2.05) is 91.9 Å². The largest absolute Gasteiger partial charge is 0.340 e. The van der Waals surface area contributed by atoms with Gasteiger partial charge in [0.2, 0.25) is 11.8 Å². The van der Waals surface area contributed by atoms with Crippen LogP contribution in [0.4, 0.5) is 0 Å². The van der Waals surface area contributed by atoms with Gasteiger partial charge in [-0.15, -0.1) is 0 Å². The first-order valence-electron chi connectivity index (χ1n) is 10.9. The van der Waals surface area contributed by atoms with Gasteiger partial charge in [-0.1, -0.05) is 91.3 Å². The van der Waals surface area contributed by atoms with Crippen molar-refractivity contribution in [1.29, 1.82) is 0 Å². The van der Waals surface area contributed by atoms with Gasteiger partial charge in [0.25, 0.3) is 0 Å². The van der Waals surface area contributed by atoms with Crippen molar-refractivity contribution in [1.82, 2.24) is 9.80 Å². The summed E-state index contributed by atoms with van der Waals surface area (Å²) in [6.07, 6.45) is 1.12. The van der Waals surface area contributed by atoms with E-state index in [0.717, 1.165) is 23.1 Å². The third kappa shape index (κ3) is 6.21. The zero-order chi connectivity index (χ0) is 22.9. The van der Waals surface area contributed by atoms with Gasteiger partial charge in [0.05, 0.1) is 6.04 Å². The number of nitrogens with zero attached hydrogens (tertiary/aromatic N) is 2. The van der Waals surface area contributed by atoms with E-state index in [4.69, 9.17) is 11.6 Å². The number of carbonyl (C=O) groups is 2. The van der Waals surface area contributed by atoms with Crippen molar-refractivity contribution in [2.75, 3.05) is 13.6 Å². The highest BCUT2D eigenvalue weighted by molar-refractivity contribution is 6.30. The number of rotatable bonds is 9. The van der Waals surface area contributed by atoms with Gasteiger partial charge in [-0.3, -0.25) is 9.59 Å². The molecule has 4 nitrogen and oxygen atoms in total. The molecule has 0 heterocycles. The lowest BCUT2D eigenvalue weighted by Gasteiger charge is -2.33. The average Bonchev–Trinajstić information content (AvgIpc) is 2.81. The Morgan fingerprint density at radius 3 is 1.84 bits per heavy atom. The molecule has 0 bridgehead atoms. The lowest BCUT2D eigenvalue weighted by atomic mass is 9.96. The van der Waals surface area contributed by atoms with E-state index >= 15 is 0 Å². The minimum absolute atomic E-state index is 0.0113. The van der Waals surface area contributed by atoms with Gasteiger partial charge >= 0.3 is 0 Å². The lowest BCUT2D eigenvalue weighted by Crippen LogP contribution is -2.43. The molecule has 3 rings (SSSR count). The van der Waals surface area contributed by atoms with E-state index in [-0.39, 0.29) is 24.4 Å². The summed E-state index contributed by atoms with van der Waals surface area (Å²) in [6.45, 7) is 2.44. The van der Waals surface area contributed by atoms with Crippen molar-refractivity contribution in [2.24, 2.45) is 0 Å². The van der Waals surface area contributed by atoms with Crippen LogP contribution in [0.15, 0.2) is 84.9 Å². The molecule has 0 aliphatic rings. The summed E-state index contributed by atoms with van der Waals surface area (Å²) in [5.74, 6) is -0.139. The van der Waals surface area contributed by atoms with Crippen molar-refractivity contribution in [3.8, 4) is 0 Å². The van der Waals surface area contributed by atoms with Crippen molar-refractivity contribution in [3.63, 3.8) is 0 Å². The smallest absolute Gasteiger partial charge is 0.242 e. The zero-order valence-electron chi connectivity index (χ0n) is 18.6. The van der Waals surface area contributed by atoms with Gasteiger partial charge in [-0.25, -0.2) is 0 Å². The van der Waals surface area contributed by atoms with Crippen LogP contribution in [-0.2, 0) is 16.1 Å². The maximum absolute atomic E-state index is 13.2. The minimum atomic E-state index is -0.329. The molecule has 0 aliphatic heterocycles. The molecular formula is C27H29ClN2O2. The highest BCUT2D eigenvalue weighted by Gasteiger charge is 2.29. The fourth-order valence-electron chi connectivity index (χ4n) is 3.72. The van der Waals surface area contributed by atoms with Gasteiger partial charge in [-0.05, 0) is 35.2 Å². The number of amides is 2. The Morgan fingerprint density at radius 2 is 1.34 bits per heavy atom. The maximum Gasteiger partial charge on any atom is 0.242 e. The second kappa shape index (κ2) is 11.5. The molecule has 0 radical (unpaired) electrons. The third-order valence-electron chi connectivity index (χ3n) is 5.39. The maximum atomic E-state index is 13.2. The molecule has 3 aromatic carbocycles. The summed E-state index contributed by atoms with van der Waals surface area (Å²) in [6, 6.07) is 26.9. The monoisotopic (exact) mass is 448 g/mol. The molecule has 0 aliphatic carbocycles. The molecule has 0 saturated heterocycles. The number of carbonyl (C=O) groups excluding carboxylic acids is 2. The minimum Gasteiger partial charge on any atom is -0.340 e. The fourth-order valence-corrected chi connectivity index (χ4v) is 3.85. The first-order chi connectivity index (χ1) is 15.5. The van der Waals surface area contributed by atoms with Crippen LogP contribution in [0.1, 0.15) is 42.5 Å². The first kappa shape index (κ1) is 23.6. The average molecular weight is 449 g/mol. The van der Waals surface area contributed by atoms with Gasteiger partial charge in [0, 0.05) is 25.0 Å². The summed E-state index contributed by atoms with van der Waals surface area (Å²) in [7, 11) is 1.76. The van der Waals surface area contributed by atoms with Crippen molar-refractivity contribution in [2.45, 2.75) is 32.4 Å². The second-order valence-corrected chi connectivity index (χ2v) is 8.31. The molecule has 0 fully saturated rings. The van der Waals surface area contributed by atoms with Gasteiger partial charge < -0.3 is 9.80 Å². The number of benzene rings is 3. The Balaban J connectivity index is 1.89. The molecule has 5 heteroatoms. The molecule has 166 valence electrons. The Kier molecular flexibility index (Phi) is 8.46. The molecular weight excluding hydrogens is 420 g/mol. The normalized spacial score (nSPS) is 10.8. The van der Waals surface area contributed by atoms with E-state index in [1.54, 1.807) is 16.8 Å². The Hall–Kier alpha value is -3.11. The number of halogens is 1. The SMILES string of the molecule is CCCC(=O)N(CC(=O)N(C)Cc1ccc(Cl)cc1)C(c1ccccc1)c1ccccc1. The lowest BCUT2D eigenvalue weighted by molar-refractivity contribution is -0.141. The van der Waals surface area contributed by atoms with Crippen LogP contribution in [0.3, 0.4) is 0 Å². The summed E-state index contributed by atoms with van der Waals surface area (Å²) >= 11 is 5.97. The Morgan fingerprint density at radius 1 is 0.812 bits per heavy atom. The molecule has 0 atom stereocenters. The van der Waals surface area contributed by atoms with E-state index in [2.05, 4.69) is 0 Å². The molecule has 32 heavy (non-hydrogen) atoms. The molecule has 0 N–H and O–H groups in total. The molecule has 3 aromatic rings. The standard InChI is InChI=1S/C27H29ClN2O2/c1-3-10-25(31)30(20-26(32)29(2)19-21-15-17-24(28)18-16-21)27(22-11-6-4-7-12-22)23-13-8-5-9-14-23/h4-9,11-18,27H,3,10,19-20H2,1-2H3. The number of hydrogen-bond acceptors (Lipinski definition) is 2. The Labute approximate surface area is 195 Å². The van der Waals surface area contributed by atoms with Crippen LogP contribution < -0.4 is 0 Å². The van der Waals surface area contributed by atoms with Crippen LogP contribution in [-0.4, -0.2) is 35.2 Å². The number of hydrogen-bond donors (Lipinski definition) is 0. The molecule has 0 saturated carbocycles. The predicted octanol–water partition coefficient (Wildman–Crippen LogP) is 5.72. The second-order valence-electron chi connectivity index (χ2n) is 7.87. The summed E-state index contributed by atoms with van der Waals surface area (Å²) in [5, 5.41) is 0.660. The third-order valence-corrected chi connectivity index (χ3v) is 5.64. The van der Waals surface area contributed by atoms with Gasteiger partial charge in [0.1, 0.15) is 6.54 Å². The van der Waals surface area contributed by atoms with E-state index < -0.39 is 0 Å². The van der Waals surface area contributed by atoms with Crippen molar-refractivity contribution < 1.29 is 9.59 Å². The zero-order valence-corrected chi connectivity index (χ0v) is 19.3. The predicted molar refractivity (Wildman–Crippen MR) is 129 cm³/mol. The highest BCUT2D eigenvalue weighted by Crippen LogP contribution is 2.29. The van der Waals surface area contributed by atoms with E-state index in [9.17, 15) is 9.59 Å². The van der Waals surface area contributed by atoms with Crippen molar-refractivity contribution in [3.05, 3.63) is 107 Å². The van der Waals surface area contributed by atoms with Crippen LogP contribution >= 0.6 is 11.6 Å². The topological polar surface area (TPSA) is 40.6 Å². The summed E-state index contributed by atoms with van der Waals surface area (Å²) < 4.78 is 0. The highest BCUT2D eigenvalue weighted by atomic mass is 35.5. The Bertz CT molecular complexity index is 967. The molecule has 0 unspecified atom stereocenters. The quantitative estimate of drug-likeness (QED) is 0.420. The van der Waals surface area contributed by atoms with E-state index in [1.165, 1.54) is 0 Å². The summed E-state index contributed by atoms with van der Waals surface area (Å²) in [4.78, 5) is 29.8. The summed E-state index contributed by atoms with van der Waals surface area (Å²) in [5.41, 5.74) is 2.95. The van der Waals surface area contributed by atoms with Gasteiger partial charge in [0.15, 0.2) is 0 Å². The van der Waals surface area contributed by atoms with Crippen LogP contribution in [0, 0.1) is 0 Å². The van der Waals surface area contributed by atoms with Crippen LogP contribution in [0.5, 0.6) is 0 Å². The first-order valence-corrected chi connectivity index (χ1v) is 11.2. The van der Waals surface area contributed by atoms with Gasteiger partial charge in [-0.2, -0.15) is 0 Å². The number of likely N-dealkylation sites (N-methyl/N-ethyl adjacent to an activating group) is 1. The van der Waals surface area contributed by atoms with Crippen molar-refractivity contribution >= 4 is 23.4 Å². The van der Waals surface area contributed by atoms with Crippen LogP contribution in [0.25, 0.3) is 0 Å². The van der Waals surface area contributed by atoms with E-state index in [0.29, 0.717) is 18.0 Å².